The Morgan fingerprint density at radius 2 is 2.25 bits per heavy atom. The average molecular weight is 225 g/mol. The molecule has 0 bridgehead atoms. The number of alkyl carbamates (subject to hydrolysis) is 1. The molecule has 1 saturated heterocycles. The SMILES string of the molecule is CC(C)(C)OC(=O)N[C@@H]1CCNC[C@@H]1C#N. The molecule has 1 heterocycles. The molecule has 5 heteroatoms. The van der Waals surface area contributed by atoms with E-state index >= 15 is 0 Å². The van der Waals surface area contributed by atoms with Crippen LogP contribution in [0.15, 0.2) is 0 Å². The Morgan fingerprint density at radius 1 is 1.56 bits per heavy atom. The predicted octanol–water partition coefficient (Wildman–Crippen LogP) is 1.01. The van der Waals surface area contributed by atoms with Gasteiger partial charge in [0.1, 0.15) is 5.60 Å². The number of nitrogens with one attached hydrogen (secondary N) is 2. The van der Waals surface area contributed by atoms with Crippen LogP contribution in [0, 0.1) is 17.2 Å². The summed E-state index contributed by atoms with van der Waals surface area (Å²) in [5.74, 6) is -0.179. The topological polar surface area (TPSA) is 74.2 Å². The van der Waals surface area contributed by atoms with Crippen LogP contribution in [0.3, 0.4) is 0 Å². The number of amides is 1. The lowest BCUT2D eigenvalue weighted by molar-refractivity contribution is 0.0484. The van der Waals surface area contributed by atoms with E-state index < -0.39 is 11.7 Å². The molecule has 0 aromatic rings. The molecule has 0 unspecified atom stereocenters. The summed E-state index contributed by atoms with van der Waals surface area (Å²) in [6.45, 7) is 6.89. The second-order valence-electron chi connectivity index (χ2n) is 4.98. The second-order valence-corrected chi connectivity index (χ2v) is 4.98. The van der Waals surface area contributed by atoms with Crippen LogP contribution in [0.5, 0.6) is 0 Å². The molecule has 0 aromatic heterocycles. The quantitative estimate of drug-likeness (QED) is 0.698. The Kier molecular flexibility index (Phi) is 4.13. The van der Waals surface area contributed by atoms with E-state index in [1.807, 2.05) is 20.8 Å². The largest absolute Gasteiger partial charge is 0.444 e. The van der Waals surface area contributed by atoms with Crippen molar-refractivity contribution in [2.45, 2.75) is 38.8 Å². The number of carbonyl (C=O) groups excluding carboxylic acids is 1. The van der Waals surface area contributed by atoms with E-state index in [1.165, 1.54) is 0 Å². The van der Waals surface area contributed by atoms with Gasteiger partial charge in [0, 0.05) is 6.54 Å². The van der Waals surface area contributed by atoms with Gasteiger partial charge < -0.3 is 15.4 Å². The second kappa shape index (κ2) is 5.17. The van der Waals surface area contributed by atoms with E-state index in [9.17, 15) is 4.79 Å². The van der Waals surface area contributed by atoms with Gasteiger partial charge in [-0.15, -0.1) is 0 Å². The maximum Gasteiger partial charge on any atom is 0.407 e. The Bertz CT molecular complexity index is 291. The molecule has 0 aromatic carbocycles. The Hall–Kier alpha value is -1.28. The lowest BCUT2D eigenvalue weighted by Gasteiger charge is -2.29. The summed E-state index contributed by atoms with van der Waals surface area (Å²) in [5.41, 5.74) is -0.501. The van der Waals surface area contributed by atoms with Gasteiger partial charge >= 0.3 is 6.09 Å². The third-order valence-electron chi connectivity index (χ3n) is 2.35. The maximum atomic E-state index is 11.5. The average Bonchev–Trinajstić information content (AvgIpc) is 2.15. The molecule has 1 aliphatic rings. The molecule has 2 atom stereocenters. The first kappa shape index (κ1) is 12.8. The van der Waals surface area contributed by atoms with Crippen molar-refractivity contribution in [2.24, 2.45) is 5.92 Å². The van der Waals surface area contributed by atoms with Gasteiger partial charge in [-0.1, -0.05) is 0 Å². The van der Waals surface area contributed by atoms with Gasteiger partial charge in [-0.05, 0) is 33.7 Å². The number of rotatable bonds is 1. The smallest absolute Gasteiger partial charge is 0.407 e. The van der Waals surface area contributed by atoms with Gasteiger partial charge in [0.05, 0.1) is 18.0 Å². The summed E-state index contributed by atoms with van der Waals surface area (Å²) < 4.78 is 5.15. The molecule has 2 N–H and O–H groups in total. The monoisotopic (exact) mass is 225 g/mol. The Balaban J connectivity index is 2.46. The highest BCUT2D eigenvalue weighted by molar-refractivity contribution is 5.68. The molecule has 0 radical (unpaired) electrons. The lowest BCUT2D eigenvalue weighted by Crippen LogP contribution is -2.50. The molecule has 0 spiro atoms. The summed E-state index contributed by atoms with van der Waals surface area (Å²) in [6, 6.07) is 2.08. The zero-order valence-electron chi connectivity index (χ0n) is 10.0. The molecule has 90 valence electrons. The fourth-order valence-electron chi connectivity index (χ4n) is 1.63. The molecule has 0 aliphatic carbocycles. The molecule has 1 rings (SSSR count). The Labute approximate surface area is 96.2 Å². The summed E-state index contributed by atoms with van der Waals surface area (Å²) >= 11 is 0. The minimum Gasteiger partial charge on any atom is -0.444 e. The van der Waals surface area contributed by atoms with E-state index in [-0.39, 0.29) is 12.0 Å². The first-order valence-electron chi connectivity index (χ1n) is 5.52. The number of ether oxygens (including phenoxy) is 1. The maximum absolute atomic E-state index is 11.5. The zero-order valence-corrected chi connectivity index (χ0v) is 10.0. The minimum atomic E-state index is -0.501. The van der Waals surface area contributed by atoms with Gasteiger partial charge in [0.2, 0.25) is 0 Å². The van der Waals surface area contributed by atoms with Gasteiger partial charge in [-0.25, -0.2) is 4.79 Å². The third kappa shape index (κ3) is 4.07. The van der Waals surface area contributed by atoms with E-state index in [4.69, 9.17) is 10.00 Å². The van der Waals surface area contributed by atoms with E-state index in [1.54, 1.807) is 0 Å². The van der Waals surface area contributed by atoms with Crippen LogP contribution in [0.4, 0.5) is 4.79 Å². The number of hydrogen-bond acceptors (Lipinski definition) is 4. The molecule has 0 saturated carbocycles. The van der Waals surface area contributed by atoms with Crippen LogP contribution in [0.1, 0.15) is 27.2 Å². The Morgan fingerprint density at radius 3 is 2.81 bits per heavy atom. The number of piperidine rings is 1. The highest BCUT2D eigenvalue weighted by atomic mass is 16.6. The van der Waals surface area contributed by atoms with Crippen molar-refractivity contribution >= 4 is 6.09 Å². The van der Waals surface area contributed by atoms with Gasteiger partial charge in [0.25, 0.3) is 0 Å². The lowest BCUT2D eigenvalue weighted by atomic mass is 9.95. The van der Waals surface area contributed by atoms with Gasteiger partial charge in [-0.2, -0.15) is 5.26 Å². The summed E-state index contributed by atoms with van der Waals surface area (Å²) in [7, 11) is 0. The highest BCUT2D eigenvalue weighted by Gasteiger charge is 2.27. The van der Waals surface area contributed by atoms with Crippen LogP contribution in [0.2, 0.25) is 0 Å². The molecular weight excluding hydrogens is 206 g/mol. The fraction of sp³-hybridized carbons (Fsp3) is 0.818. The van der Waals surface area contributed by atoms with Crippen molar-refractivity contribution in [3.8, 4) is 6.07 Å². The van der Waals surface area contributed by atoms with E-state index in [0.717, 1.165) is 13.0 Å². The molecule has 5 nitrogen and oxygen atoms in total. The molecule has 1 amide bonds. The highest BCUT2D eigenvalue weighted by Crippen LogP contribution is 2.12. The normalized spacial score (nSPS) is 25.6. The molecule has 16 heavy (non-hydrogen) atoms. The minimum absolute atomic E-state index is 0.110. The number of nitrogens with zero attached hydrogens (tertiary/aromatic N) is 1. The van der Waals surface area contributed by atoms with Crippen LogP contribution in [-0.4, -0.2) is 30.8 Å². The van der Waals surface area contributed by atoms with Crippen LogP contribution < -0.4 is 10.6 Å². The van der Waals surface area contributed by atoms with Crippen molar-refractivity contribution < 1.29 is 9.53 Å². The first-order valence-corrected chi connectivity index (χ1v) is 5.52. The standard InChI is InChI=1S/C11H19N3O2/c1-11(2,3)16-10(15)14-9-4-5-13-7-8(9)6-12/h8-9,13H,4-5,7H2,1-3H3,(H,14,15)/t8-,9+/m0/s1. The number of hydrogen-bond donors (Lipinski definition) is 2. The molecule has 1 aliphatic heterocycles. The van der Waals surface area contributed by atoms with Crippen LogP contribution in [-0.2, 0) is 4.74 Å². The van der Waals surface area contributed by atoms with Crippen molar-refractivity contribution in [2.75, 3.05) is 13.1 Å². The van der Waals surface area contributed by atoms with Crippen LogP contribution >= 0.6 is 0 Å². The number of nitriles is 1. The third-order valence-corrected chi connectivity index (χ3v) is 2.35. The number of carbonyl (C=O) groups is 1. The van der Waals surface area contributed by atoms with Gasteiger partial charge in [0.15, 0.2) is 0 Å². The summed E-state index contributed by atoms with van der Waals surface area (Å²) in [6.07, 6.45) is 0.317. The van der Waals surface area contributed by atoms with E-state index in [2.05, 4.69) is 16.7 Å². The van der Waals surface area contributed by atoms with Crippen molar-refractivity contribution in [1.82, 2.24) is 10.6 Å². The summed E-state index contributed by atoms with van der Waals surface area (Å²) in [4.78, 5) is 11.5. The summed E-state index contributed by atoms with van der Waals surface area (Å²) in [5, 5.41) is 14.8. The zero-order chi connectivity index (χ0) is 12.2. The van der Waals surface area contributed by atoms with E-state index in [0.29, 0.717) is 6.54 Å². The van der Waals surface area contributed by atoms with Crippen molar-refractivity contribution in [3.63, 3.8) is 0 Å². The first-order chi connectivity index (χ1) is 7.42. The molecular formula is C11H19N3O2. The predicted molar refractivity (Wildman–Crippen MR) is 59.7 cm³/mol. The fourth-order valence-corrected chi connectivity index (χ4v) is 1.63. The van der Waals surface area contributed by atoms with Gasteiger partial charge in [-0.3, -0.25) is 0 Å². The molecule has 1 fully saturated rings. The van der Waals surface area contributed by atoms with Crippen molar-refractivity contribution in [1.29, 1.82) is 5.26 Å². The van der Waals surface area contributed by atoms with Crippen LogP contribution in [0.25, 0.3) is 0 Å². The van der Waals surface area contributed by atoms with Crippen molar-refractivity contribution in [3.05, 3.63) is 0 Å².